The van der Waals surface area contributed by atoms with Crippen molar-refractivity contribution < 1.29 is 9.90 Å². The second-order valence-corrected chi connectivity index (χ2v) is 3.98. The summed E-state index contributed by atoms with van der Waals surface area (Å²) < 4.78 is 1.46. The summed E-state index contributed by atoms with van der Waals surface area (Å²) in [4.78, 5) is 25.0. The van der Waals surface area contributed by atoms with Gasteiger partial charge in [0.15, 0.2) is 0 Å². The molecule has 4 N–H and O–H groups in total. The summed E-state index contributed by atoms with van der Waals surface area (Å²) in [6.45, 7) is 1.78. The van der Waals surface area contributed by atoms with Crippen molar-refractivity contribution in [2.24, 2.45) is 5.73 Å². The molecular weight excluding hydrogens is 234 g/mol. The summed E-state index contributed by atoms with van der Waals surface area (Å²) >= 11 is 0. The van der Waals surface area contributed by atoms with Crippen LogP contribution in [0.4, 0.5) is 0 Å². The lowest BCUT2D eigenvalue weighted by Gasteiger charge is -2.10. The predicted molar refractivity (Wildman–Crippen MR) is 65.7 cm³/mol. The number of nitrogens with two attached hydrogens (primary N) is 1. The van der Waals surface area contributed by atoms with E-state index in [0.717, 1.165) is 5.69 Å². The fourth-order valence-electron chi connectivity index (χ4n) is 1.78. The van der Waals surface area contributed by atoms with Crippen molar-refractivity contribution in [2.45, 2.75) is 13.0 Å². The minimum absolute atomic E-state index is 0.270. The molecule has 0 aliphatic heterocycles. The average molecular weight is 247 g/mol. The number of aromatic nitrogens is 2. The second-order valence-electron chi connectivity index (χ2n) is 3.98. The van der Waals surface area contributed by atoms with Crippen LogP contribution >= 0.6 is 0 Å². The topological polar surface area (TPSA) is 101 Å². The van der Waals surface area contributed by atoms with Crippen LogP contribution in [0, 0.1) is 6.92 Å². The first-order valence-corrected chi connectivity index (χ1v) is 5.36. The minimum Gasteiger partial charge on any atom is -0.480 e. The first-order valence-electron chi connectivity index (χ1n) is 5.36. The Morgan fingerprint density at radius 1 is 1.50 bits per heavy atom. The fourth-order valence-corrected chi connectivity index (χ4v) is 1.78. The average Bonchev–Trinajstić information content (AvgIpc) is 2.68. The number of aliphatic carboxylic acids is 1. The molecule has 0 bridgehead atoms. The van der Waals surface area contributed by atoms with Crippen LogP contribution in [0.5, 0.6) is 0 Å². The largest absolute Gasteiger partial charge is 0.480 e. The Kier molecular flexibility index (Phi) is 3.03. The van der Waals surface area contributed by atoms with Gasteiger partial charge in [0.25, 0.3) is 0 Å². The molecule has 1 aromatic heterocycles. The Balaban J connectivity index is 2.52. The molecule has 6 nitrogen and oxygen atoms in total. The lowest BCUT2D eigenvalue weighted by Crippen LogP contribution is -2.21. The lowest BCUT2D eigenvalue weighted by atomic mass is 10.1. The van der Waals surface area contributed by atoms with E-state index in [1.165, 1.54) is 4.57 Å². The Labute approximate surface area is 103 Å². The molecule has 0 saturated carbocycles. The quantitative estimate of drug-likeness (QED) is 0.737. The van der Waals surface area contributed by atoms with Gasteiger partial charge >= 0.3 is 11.7 Å². The molecule has 0 spiro atoms. The number of carbonyl (C=O) groups is 1. The van der Waals surface area contributed by atoms with Crippen LogP contribution in [-0.4, -0.2) is 20.6 Å². The third kappa shape index (κ3) is 2.05. The van der Waals surface area contributed by atoms with E-state index < -0.39 is 12.0 Å². The maximum absolute atomic E-state index is 11.6. The molecule has 0 saturated heterocycles. The van der Waals surface area contributed by atoms with Crippen LogP contribution < -0.4 is 11.4 Å². The molecule has 0 aliphatic carbocycles. The molecule has 1 unspecified atom stereocenters. The summed E-state index contributed by atoms with van der Waals surface area (Å²) in [7, 11) is 0. The smallest absolute Gasteiger partial charge is 0.330 e. The molecule has 2 aromatic rings. The zero-order valence-electron chi connectivity index (χ0n) is 9.75. The number of aromatic amines is 1. The van der Waals surface area contributed by atoms with Gasteiger partial charge in [-0.3, -0.25) is 9.36 Å². The second kappa shape index (κ2) is 4.50. The van der Waals surface area contributed by atoms with Crippen molar-refractivity contribution >= 4 is 5.97 Å². The third-order valence-corrected chi connectivity index (χ3v) is 2.71. The maximum Gasteiger partial charge on any atom is 0.330 e. The number of H-pyrrole nitrogens is 1. The molecule has 6 heteroatoms. The van der Waals surface area contributed by atoms with E-state index in [-0.39, 0.29) is 5.69 Å². The van der Waals surface area contributed by atoms with Crippen LogP contribution in [0.2, 0.25) is 0 Å². The van der Waals surface area contributed by atoms with Crippen molar-refractivity contribution in [1.29, 1.82) is 0 Å². The van der Waals surface area contributed by atoms with Crippen molar-refractivity contribution in [1.82, 2.24) is 9.55 Å². The zero-order chi connectivity index (χ0) is 13.3. The molecule has 94 valence electrons. The highest BCUT2D eigenvalue weighted by molar-refractivity contribution is 5.75. The van der Waals surface area contributed by atoms with Crippen LogP contribution in [0.3, 0.4) is 0 Å². The van der Waals surface area contributed by atoms with Crippen LogP contribution in [0.25, 0.3) is 5.69 Å². The van der Waals surface area contributed by atoms with E-state index in [1.807, 2.05) is 0 Å². The Morgan fingerprint density at radius 3 is 2.78 bits per heavy atom. The van der Waals surface area contributed by atoms with Gasteiger partial charge in [-0.2, -0.15) is 0 Å². The zero-order valence-corrected chi connectivity index (χ0v) is 9.75. The monoisotopic (exact) mass is 247 g/mol. The molecule has 0 fully saturated rings. The van der Waals surface area contributed by atoms with Gasteiger partial charge in [0, 0.05) is 11.9 Å². The van der Waals surface area contributed by atoms with E-state index in [4.69, 9.17) is 10.8 Å². The summed E-state index contributed by atoms with van der Waals surface area (Å²) in [5.74, 6) is -1.11. The number of carboxylic acid groups (broad SMARTS) is 1. The molecular formula is C12H13N3O3. The summed E-state index contributed by atoms with van der Waals surface area (Å²) in [5.41, 5.74) is 7.05. The van der Waals surface area contributed by atoms with Gasteiger partial charge in [-0.15, -0.1) is 0 Å². The highest BCUT2D eigenvalue weighted by Gasteiger charge is 2.15. The first kappa shape index (κ1) is 12.1. The maximum atomic E-state index is 11.6. The highest BCUT2D eigenvalue weighted by Crippen LogP contribution is 2.15. The van der Waals surface area contributed by atoms with Crippen LogP contribution in [0.1, 0.15) is 17.3 Å². The van der Waals surface area contributed by atoms with Crippen LogP contribution in [-0.2, 0) is 4.79 Å². The first-order chi connectivity index (χ1) is 8.50. The van der Waals surface area contributed by atoms with Crippen molar-refractivity contribution in [2.75, 3.05) is 0 Å². The minimum atomic E-state index is -1.11. The number of hydrogen-bond donors (Lipinski definition) is 3. The number of carboxylic acids is 1. The molecule has 1 aromatic carbocycles. The Hall–Kier alpha value is -2.34. The van der Waals surface area contributed by atoms with Crippen molar-refractivity contribution in [3.05, 3.63) is 52.2 Å². The molecule has 1 atom stereocenters. The normalized spacial score (nSPS) is 12.3. The van der Waals surface area contributed by atoms with E-state index in [9.17, 15) is 9.59 Å². The predicted octanol–water partition coefficient (Wildman–Crippen LogP) is 0.558. The number of nitrogens with one attached hydrogen (secondary N) is 1. The van der Waals surface area contributed by atoms with Gasteiger partial charge in [0.05, 0.1) is 5.69 Å². The van der Waals surface area contributed by atoms with Gasteiger partial charge in [-0.1, -0.05) is 12.1 Å². The highest BCUT2D eigenvalue weighted by atomic mass is 16.4. The van der Waals surface area contributed by atoms with E-state index in [1.54, 1.807) is 37.4 Å². The number of aryl methyl sites for hydroxylation is 1. The molecule has 2 rings (SSSR count). The number of imidazole rings is 1. The fraction of sp³-hybridized carbons (Fsp3) is 0.167. The van der Waals surface area contributed by atoms with Crippen molar-refractivity contribution in [3.8, 4) is 5.69 Å². The van der Waals surface area contributed by atoms with Crippen molar-refractivity contribution in [3.63, 3.8) is 0 Å². The molecule has 1 heterocycles. The Morgan fingerprint density at radius 2 is 2.22 bits per heavy atom. The summed E-state index contributed by atoms with van der Waals surface area (Å²) in [6.07, 6.45) is 1.59. The molecule has 0 radical (unpaired) electrons. The standard InChI is InChI=1S/C12H13N3O3/c1-7-6-14-12(18)15(7)9-4-2-3-8(5-9)10(13)11(16)17/h2-6,10H,13H2,1H3,(H,14,18)(H,16,17). The number of nitrogens with zero attached hydrogens (tertiary/aromatic N) is 1. The summed E-state index contributed by atoms with van der Waals surface area (Å²) in [5, 5.41) is 8.87. The molecule has 18 heavy (non-hydrogen) atoms. The molecule has 0 aliphatic rings. The van der Waals surface area contributed by atoms with Gasteiger partial charge < -0.3 is 15.8 Å². The van der Waals surface area contributed by atoms with E-state index >= 15 is 0 Å². The number of rotatable bonds is 3. The number of benzene rings is 1. The van der Waals surface area contributed by atoms with Crippen LogP contribution in [0.15, 0.2) is 35.3 Å². The Bertz CT molecular complexity index is 642. The lowest BCUT2D eigenvalue weighted by molar-refractivity contribution is -0.138. The van der Waals surface area contributed by atoms with Gasteiger partial charge in [-0.25, -0.2) is 4.79 Å². The van der Waals surface area contributed by atoms with Gasteiger partial charge in [-0.05, 0) is 24.6 Å². The number of hydrogen-bond acceptors (Lipinski definition) is 3. The van der Waals surface area contributed by atoms with Gasteiger partial charge in [0.2, 0.25) is 0 Å². The molecule has 0 amide bonds. The SMILES string of the molecule is Cc1c[nH]c(=O)n1-c1cccc(C(N)C(=O)O)c1. The summed E-state index contributed by atoms with van der Waals surface area (Å²) in [6, 6.07) is 5.52. The van der Waals surface area contributed by atoms with E-state index in [2.05, 4.69) is 4.98 Å². The van der Waals surface area contributed by atoms with E-state index in [0.29, 0.717) is 11.3 Å². The van der Waals surface area contributed by atoms with Gasteiger partial charge in [0.1, 0.15) is 6.04 Å². The third-order valence-electron chi connectivity index (χ3n) is 2.71.